The normalized spacial score (nSPS) is 9.87. The summed E-state index contributed by atoms with van der Waals surface area (Å²) in [4.78, 5) is 10.6. The van der Waals surface area contributed by atoms with E-state index in [2.05, 4.69) is 15.4 Å². The number of H-pyrrole nitrogens is 1. The lowest BCUT2D eigenvalue weighted by Gasteiger charge is -2.04. The molecule has 15 heavy (non-hydrogen) atoms. The summed E-state index contributed by atoms with van der Waals surface area (Å²) in [5.74, 6) is 0.360. The van der Waals surface area contributed by atoms with Crippen LogP contribution in [0.15, 0.2) is 30.5 Å². The van der Waals surface area contributed by atoms with Crippen LogP contribution >= 0.6 is 0 Å². The fraction of sp³-hybridized carbons (Fsp3) is 0. The van der Waals surface area contributed by atoms with E-state index in [1.807, 2.05) is 0 Å². The van der Waals surface area contributed by atoms with Crippen LogP contribution in [0.1, 0.15) is 0 Å². The van der Waals surface area contributed by atoms with Crippen molar-refractivity contribution < 1.29 is 9.53 Å². The molecule has 0 atom stereocenters. The highest BCUT2D eigenvalue weighted by Gasteiger charge is 2.09. The Balaban J connectivity index is 2.42. The molecule has 1 aromatic carbocycles. The van der Waals surface area contributed by atoms with E-state index in [9.17, 15) is 4.79 Å². The number of ether oxygens (including phenoxy) is 1. The summed E-state index contributed by atoms with van der Waals surface area (Å²) in [6.45, 7) is 0. The summed E-state index contributed by atoms with van der Waals surface area (Å²) >= 11 is 0. The van der Waals surface area contributed by atoms with Crippen LogP contribution in [0, 0.1) is 0 Å². The molecule has 1 aromatic heterocycles. The van der Waals surface area contributed by atoms with E-state index in [0.29, 0.717) is 17.0 Å². The summed E-state index contributed by atoms with van der Waals surface area (Å²) in [7, 11) is 0. The Morgan fingerprint density at radius 3 is 2.87 bits per heavy atom. The number of carbonyl (C=O) groups excluding carboxylic acids is 1. The summed E-state index contributed by atoms with van der Waals surface area (Å²) < 4.78 is 4.83. The molecule has 6 heteroatoms. The maximum atomic E-state index is 10.6. The second-order valence-corrected chi connectivity index (χ2v) is 2.77. The average molecular weight is 204 g/mol. The first-order chi connectivity index (χ1) is 7.27. The van der Waals surface area contributed by atoms with Crippen LogP contribution in [-0.4, -0.2) is 21.5 Å². The molecule has 0 aliphatic carbocycles. The highest BCUT2D eigenvalue weighted by molar-refractivity contribution is 5.74. The smallest absolute Gasteiger partial charge is 0.409 e. The lowest BCUT2D eigenvalue weighted by atomic mass is 10.1. The molecule has 1 amide bonds. The number of para-hydroxylation sites is 1. The molecule has 0 aliphatic rings. The maximum Gasteiger partial charge on any atom is 0.409 e. The molecule has 1 heterocycles. The van der Waals surface area contributed by atoms with Gasteiger partial charge in [-0.2, -0.15) is 15.4 Å². The quantitative estimate of drug-likeness (QED) is 0.760. The second-order valence-electron chi connectivity index (χ2n) is 2.77. The minimum Gasteiger partial charge on any atom is -0.410 e. The molecule has 0 saturated heterocycles. The van der Waals surface area contributed by atoms with E-state index in [4.69, 9.17) is 10.5 Å². The predicted molar refractivity (Wildman–Crippen MR) is 52.0 cm³/mol. The van der Waals surface area contributed by atoms with Gasteiger partial charge >= 0.3 is 6.09 Å². The van der Waals surface area contributed by atoms with Crippen LogP contribution in [0.25, 0.3) is 11.3 Å². The van der Waals surface area contributed by atoms with Crippen molar-refractivity contribution in [1.82, 2.24) is 15.4 Å². The van der Waals surface area contributed by atoms with Gasteiger partial charge in [-0.3, -0.25) is 0 Å². The minimum absolute atomic E-state index is 0.360. The van der Waals surface area contributed by atoms with Gasteiger partial charge in [0, 0.05) is 5.56 Å². The number of rotatable bonds is 2. The highest BCUT2D eigenvalue weighted by Crippen LogP contribution is 2.27. The average Bonchev–Trinajstić information content (AvgIpc) is 2.70. The van der Waals surface area contributed by atoms with Gasteiger partial charge in [0.1, 0.15) is 11.4 Å². The van der Waals surface area contributed by atoms with E-state index < -0.39 is 6.09 Å². The minimum atomic E-state index is -0.856. The summed E-state index contributed by atoms with van der Waals surface area (Å²) in [6, 6.07) is 6.94. The summed E-state index contributed by atoms with van der Waals surface area (Å²) in [5.41, 5.74) is 6.19. The largest absolute Gasteiger partial charge is 0.410 e. The maximum absolute atomic E-state index is 10.6. The standard InChI is InChI=1S/C9H8N4O2/c10-9(14)15-8-4-2-1-3-6(8)7-5-11-13-12-7/h1-5H,(H2,10,14)(H,11,12,13). The zero-order valence-corrected chi connectivity index (χ0v) is 7.68. The van der Waals surface area contributed by atoms with Crippen LogP contribution in [-0.2, 0) is 0 Å². The number of hydrogen-bond acceptors (Lipinski definition) is 4. The topological polar surface area (TPSA) is 93.9 Å². The van der Waals surface area contributed by atoms with Gasteiger partial charge in [-0.1, -0.05) is 12.1 Å². The Kier molecular flexibility index (Phi) is 2.32. The lowest BCUT2D eigenvalue weighted by Crippen LogP contribution is -2.16. The third-order valence-electron chi connectivity index (χ3n) is 1.79. The Morgan fingerprint density at radius 1 is 1.40 bits per heavy atom. The number of benzene rings is 1. The predicted octanol–water partition coefficient (Wildman–Crippen LogP) is 0.929. The lowest BCUT2D eigenvalue weighted by molar-refractivity contribution is 0.211. The molecular weight excluding hydrogens is 196 g/mol. The summed E-state index contributed by atoms with van der Waals surface area (Å²) in [6.07, 6.45) is 0.675. The molecule has 0 bridgehead atoms. The number of nitrogens with two attached hydrogens (primary N) is 1. The van der Waals surface area contributed by atoms with E-state index in [-0.39, 0.29) is 0 Å². The van der Waals surface area contributed by atoms with E-state index >= 15 is 0 Å². The highest BCUT2D eigenvalue weighted by atomic mass is 16.5. The number of nitrogens with zero attached hydrogens (tertiary/aromatic N) is 2. The van der Waals surface area contributed by atoms with Gasteiger partial charge in [-0.25, -0.2) is 4.79 Å². The van der Waals surface area contributed by atoms with Crippen LogP contribution in [0.3, 0.4) is 0 Å². The first-order valence-electron chi connectivity index (χ1n) is 4.20. The number of aromatic amines is 1. The molecule has 76 valence electrons. The van der Waals surface area contributed by atoms with Crippen molar-refractivity contribution in [2.45, 2.75) is 0 Å². The Labute approximate surface area is 85.1 Å². The van der Waals surface area contributed by atoms with Crippen molar-refractivity contribution in [3.05, 3.63) is 30.5 Å². The number of nitrogens with one attached hydrogen (secondary N) is 1. The fourth-order valence-corrected chi connectivity index (χ4v) is 1.21. The number of hydrogen-bond donors (Lipinski definition) is 2. The van der Waals surface area contributed by atoms with Gasteiger partial charge in [-0.05, 0) is 12.1 Å². The zero-order valence-electron chi connectivity index (χ0n) is 7.68. The SMILES string of the molecule is NC(=O)Oc1ccccc1-c1cn[nH]n1. The second kappa shape index (κ2) is 3.79. The molecular formula is C9H8N4O2. The van der Waals surface area contributed by atoms with Crippen molar-refractivity contribution >= 4 is 6.09 Å². The van der Waals surface area contributed by atoms with E-state index in [1.54, 1.807) is 24.3 Å². The molecule has 0 unspecified atom stereocenters. The molecule has 0 radical (unpaired) electrons. The Morgan fingerprint density at radius 2 is 2.20 bits per heavy atom. The molecule has 6 nitrogen and oxygen atoms in total. The van der Waals surface area contributed by atoms with Crippen molar-refractivity contribution in [1.29, 1.82) is 0 Å². The van der Waals surface area contributed by atoms with Gasteiger partial charge in [0.05, 0.1) is 6.20 Å². The first kappa shape index (κ1) is 9.20. The van der Waals surface area contributed by atoms with Gasteiger partial charge in [0.15, 0.2) is 0 Å². The van der Waals surface area contributed by atoms with Crippen LogP contribution < -0.4 is 10.5 Å². The van der Waals surface area contributed by atoms with Gasteiger partial charge < -0.3 is 10.5 Å². The van der Waals surface area contributed by atoms with Crippen molar-refractivity contribution in [2.75, 3.05) is 0 Å². The van der Waals surface area contributed by atoms with Crippen molar-refractivity contribution in [3.63, 3.8) is 0 Å². The molecule has 3 N–H and O–H groups in total. The van der Waals surface area contributed by atoms with Gasteiger partial charge in [0.25, 0.3) is 0 Å². The number of primary amides is 1. The van der Waals surface area contributed by atoms with Crippen LogP contribution in [0.4, 0.5) is 4.79 Å². The third-order valence-corrected chi connectivity index (χ3v) is 1.79. The molecule has 2 rings (SSSR count). The molecule has 2 aromatic rings. The monoisotopic (exact) mass is 204 g/mol. The number of aromatic nitrogens is 3. The van der Waals surface area contributed by atoms with Gasteiger partial charge in [-0.15, -0.1) is 0 Å². The Hall–Kier alpha value is -2.37. The van der Waals surface area contributed by atoms with E-state index in [1.165, 1.54) is 6.20 Å². The van der Waals surface area contributed by atoms with E-state index in [0.717, 1.165) is 0 Å². The number of carbonyl (C=O) groups is 1. The van der Waals surface area contributed by atoms with Crippen molar-refractivity contribution in [3.8, 4) is 17.0 Å². The third kappa shape index (κ3) is 1.93. The molecule has 0 fully saturated rings. The Bertz CT molecular complexity index is 467. The summed E-state index contributed by atoms with van der Waals surface area (Å²) in [5, 5.41) is 10.0. The van der Waals surface area contributed by atoms with Gasteiger partial charge in [0.2, 0.25) is 0 Å². The molecule has 0 spiro atoms. The van der Waals surface area contributed by atoms with Crippen LogP contribution in [0.2, 0.25) is 0 Å². The fourth-order valence-electron chi connectivity index (χ4n) is 1.21. The first-order valence-corrected chi connectivity index (χ1v) is 4.20. The van der Waals surface area contributed by atoms with Crippen molar-refractivity contribution in [2.24, 2.45) is 5.73 Å². The van der Waals surface area contributed by atoms with Crippen LogP contribution in [0.5, 0.6) is 5.75 Å². The molecule has 0 saturated carbocycles. The zero-order chi connectivity index (χ0) is 10.7. The molecule has 0 aliphatic heterocycles. The number of amides is 1.